The minimum atomic E-state index is 0.916. The number of hydrogen-bond acceptors (Lipinski definition) is 1. The number of para-hydroxylation sites is 4. The minimum absolute atomic E-state index is 0.916. The van der Waals surface area contributed by atoms with Crippen molar-refractivity contribution in [3.05, 3.63) is 170 Å². The number of benzene rings is 9. The van der Waals surface area contributed by atoms with Crippen LogP contribution in [0.3, 0.4) is 0 Å². The Morgan fingerprint density at radius 1 is 0.255 bits per heavy atom. The van der Waals surface area contributed by atoms with E-state index in [4.69, 9.17) is 4.42 Å². The van der Waals surface area contributed by atoms with Gasteiger partial charge in [0.2, 0.25) is 0 Å². The fraction of sp³-hybridized carbons (Fsp3) is 0. The maximum Gasteiger partial charge on any atom is 0.136 e. The maximum atomic E-state index is 6.45. The molecular formula is C48H28N2O. The summed E-state index contributed by atoms with van der Waals surface area (Å²) in [6.45, 7) is 0. The molecule has 0 saturated carbocycles. The standard InChI is InChI=1S/C48H28N2O/c1-2-15-32-31(14-1)37-25-41-35-18-5-9-22-45(35)50(46(41)27-39(37)40-28-48-42(26-38(32)40)36-19-6-10-23-47(36)51-48)30-13-11-12-29(24-30)49-43-20-7-3-16-33(43)34-17-4-8-21-44(34)49/h1-28H. The van der Waals surface area contributed by atoms with Crippen LogP contribution in [0.2, 0.25) is 0 Å². The van der Waals surface area contributed by atoms with Crippen LogP contribution in [0.4, 0.5) is 0 Å². The summed E-state index contributed by atoms with van der Waals surface area (Å²) in [5, 5.41) is 14.8. The van der Waals surface area contributed by atoms with Crippen LogP contribution in [0.5, 0.6) is 0 Å². The molecule has 12 rings (SSSR count). The van der Waals surface area contributed by atoms with E-state index in [2.05, 4.69) is 173 Å². The van der Waals surface area contributed by atoms with Gasteiger partial charge in [0.15, 0.2) is 0 Å². The maximum absolute atomic E-state index is 6.45. The van der Waals surface area contributed by atoms with Gasteiger partial charge in [-0.3, -0.25) is 0 Å². The molecule has 0 atom stereocenters. The summed E-state index contributed by atoms with van der Waals surface area (Å²) in [5.74, 6) is 0. The summed E-state index contributed by atoms with van der Waals surface area (Å²) in [6, 6.07) is 61.9. The molecular weight excluding hydrogens is 621 g/mol. The first-order valence-electron chi connectivity index (χ1n) is 17.5. The SMILES string of the molecule is c1cc(-n2c3ccccc3c3ccccc32)cc(-n2c3ccccc3c3cc4c5ccccc5c5cc6c(cc5c4cc32)oc2ccccc26)c1. The van der Waals surface area contributed by atoms with Gasteiger partial charge in [-0.25, -0.2) is 0 Å². The smallest absolute Gasteiger partial charge is 0.136 e. The van der Waals surface area contributed by atoms with E-state index in [9.17, 15) is 0 Å². The third kappa shape index (κ3) is 3.62. The van der Waals surface area contributed by atoms with E-state index in [-0.39, 0.29) is 0 Å². The van der Waals surface area contributed by atoms with Gasteiger partial charge in [0.05, 0.1) is 22.1 Å². The quantitative estimate of drug-likeness (QED) is 0.171. The second-order valence-corrected chi connectivity index (χ2v) is 13.7. The van der Waals surface area contributed by atoms with Crippen molar-refractivity contribution >= 4 is 97.9 Å². The van der Waals surface area contributed by atoms with Crippen molar-refractivity contribution in [1.29, 1.82) is 0 Å². The fourth-order valence-corrected chi connectivity index (χ4v) is 8.88. The molecule has 3 heteroatoms. The van der Waals surface area contributed by atoms with E-state index in [1.54, 1.807) is 0 Å². The molecule has 0 N–H and O–H groups in total. The molecule has 9 aromatic carbocycles. The molecule has 0 aliphatic carbocycles. The zero-order valence-corrected chi connectivity index (χ0v) is 27.5. The highest BCUT2D eigenvalue weighted by Crippen LogP contribution is 2.43. The number of nitrogens with zero attached hydrogens (tertiary/aromatic N) is 2. The number of hydrogen-bond donors (Lipinski definition) is 0. The second-order valence-electron chi connectivity index (χ2n) is 13.7. The van der Waals surface area contributed by atoms with Crippen molar-refractivity contribution in [1.82, 2.24) is 9.13 Å². The van der Waals surface area contributed by atoms with E-state index in [1.165, 1.54) is 75.9 Å². The number of fused-ring (bicyclic) bond motifs is 15. The van der Waals surface area contributed by atoms with E-state index in [0.717, 1.165) is 33.3 Å². The molecule has 51 heavy (non-hydrogen) atoms. The summed E-state index contributed by atoms with van der Waals surface area (Å²) >= 11 is 0. The lowest BCUT2D eigenvalue weighted by molar-refractivity contribution is 0.669. The van der Waals surface area contributed by atoms with Gasteiger partial charge in [-0.1, -0.05) is 103 Å². The summed E-state index contributed by atoms with van der Waals surface area (Å²) in [6.07, 6.45) is 0. The Balaban J connectivity index is 1.20. The zero-order valence-electron chi connectivity index (χ0n) is 27.5. The third-order valence-corrected chi connectivity index (χ3v) is 11.1. The highest BCUT2D eigenvalue weighted by Gasteiger charge is 2.19. The Morgan fingerprint density at radius 3 is 1.33 bits per heavy atom. The van der Waals surface area contributed by atoms with Crippen LogP contribution in [-0.4, -0.2) is 9.13 Å². The normalized spacial score (nSPS) is 12.3. The monoisotopic (exact) mass is 648 g/mol. The topological polar surface area (TPSA) is 23.0 Å². The van der Waals surface area contributed by atoms with Gasteiger partial charge in [0.25, 0.3) is 0 Å². The van der Waals surface area contributed by atoms with Crippen molar-refractivity contribution in [2.24, 2.45) is 0 Å². The molecule has 3 heterocycles. The van der Waals surface area contributed by atoms with E-state index in [1.807, 2.05) is 6.07 Å². The molecule has 0 bridgehead atoms. The first-order valence-corrected chi connectivity index (χ1v) is 17.5. The zero-order chi connectivity index (χ0) is 33.2. The molecule has 12 aromatic rings. The van der Waals surface area contributed by atoms with Crippen LogP contribution >= 0.6 is 0 Å². The lowest BCUT2D eigenvalue weighted by Gasteiger charge is -2.14. The Morgan fingerprint density at radius 2 is 0.706 bits per heavy atom. The Labute approximate surface area is 291 Å². The molecule has 0 aliphatic rings. The van der Waals surface area contributed by atoms with Gasteiger partial charge in [-0.2, -0.15) is 0 Å². The van der Waals surface area contributed by atoms with Gasteiger partial charge in [-0.15, -0.1) is 0 Å². The summed E-state index contributed by atoms with van der Waals surface area (Å²) in [5.41, 5.74) is 8.89. The van der Waals surface area contributed by atoms with Gasteiger partial charge < -0.3 is 13.6 Å². The van der Waals surface area contributed by atoms with Crippen molar-refractivity contribution in [2.75, 3.05) is 0 Å². The molecule has 0 amide bonds. The van der Waals surface area contributed by atoms with Crippen molar-refractivity contribution in [3.63, 3.8) is 0 Å². The first-order chi connectivity index (χ1) is 25.3. The highest BCUT2D eigenvalue weighted by molar-refractivity contribution is 6.31. The van der Waals surface area contributed by atoms with Gasteiger partial charge >= 0.3 is 0 Å². The van der Waals surface area contributed by atoms with Crippen molar-refractivity contribution < 1.29 is 4.42 Å². The average Bonchev–Trinajstić information content (AvgIpc) is 3.84. The van der Waals surface area contributed by atoms with Crippen LogP contribution in [0.15, 0.2) is 174 Å². The molecule has 3 aromatic heterocycles. The van der Waals surface area contributed by atoms with E-state index >= 15 is 0 Å². The lowest BCUT2D eigenvalue weighted by atomic mass is 9.92. The Bertz CT molecular complexity index is 3380. The Hall–Kier alpha value is -6.84. The molecule has 0 fully saturated rings. The number of aromatic nitrogens is 2. The largest absolute Gasteiger partial charge is 0.456 e. The van der Waals surface area contributed by atoms with Crippen LogP contribution in [0.25, 0.3) is 109 Å². The van der Waals surface area contributed by atoms with Gasteiger partial charge in [0, 0.05) is 43.7 Å². The van der Waals surface area contributed by atoms with E-state index < -0.39 is 0 Å². The predicted octanol–water partition coefficient (Wildman–Crippen LogP) is 13.2. The van der Waals surface area contributed by atoms with E-state index in [0.29, 0.717) is 0 Å². The number of rotatable bonds is 2. The molecule has 236 valence electrons. The number of furan rings is 1. The molecule has 0 unspecified atom stereocenters. The van der Waals surface area contributed by atoms with Crippen LogP contribution in [-0.2, 0) is 0 Å². The molecule has 0 aliphatic heterocycles. The van der Waals surface area contributed by atoms with Crippen LogP contribution in [0, 0.1) is 0 Å². The highest BCUT2D eigenvalue weighted by atomic mass is 16.3. The summed E-state index contributed by atoms with van der Waals surface area (Å²) in [4.78, 5) is 0. The van der Waals surface area contributed by atoms with Gasteiger partial charge in [0.1, 0.15) is 11.2 Å². The molecule has 0 saturated heterocycles. The summed E-state index contributed by atoms with van der Waals surface area (Å²) in [7, 11) is 0. The Kier molecular flexibility index (Phi) is 5.23. The summed E-state index contributed by atoms with van der Waals surface area (Å²) < 4.78 is 11.3. The molecule has 3 nitrogen and oxygen atoms in total. The second kappa shape index (κ2) is 9.87. The molecule has 0 spiro atoms. The van der Waals surface area contributed by atoms with Crippen molar-refractivity contribution in [3.8, 4) is 11.4 Å². The fourth-order valence-electron chi connectivity index (χ4n) is 8.88. The van der Waals surface area contributed by atoms with Crippen molar-refractivity contribution in [2.45, 2.75) is 0 Å². The minimum Gasteiger partial charge on any atom is -0.456 e. The van der Waals surface area contributed by atoms with Gasteiger partial charge in [-0.05, 0) is 99.0 Å². The average molecular weight is 649 g/mol. The predicted molar refractivity (Wildman–Crippen MR) is 215 cm³/mol. The van der Waals surface area contributed by atoms with Crippen LogP contribution in [0.1, 0.15) is 0 Å². The third-order valence-electron chi connectivity index (χ3n) is 11.1. The first kappa shape index (κ1) is 27.0. The lowest BCUT2D eigenvalue weighted by Crippen LogP contribution is -1.98. The van der Waals surface area contributed by atoms with Crippen LogP contribution < -0.4 is 0 Å². The molecule has 0 radical (unpaired) electrons.